The zero-order valence-corrected chi connectivity index (χ0v) is 22.3. The van der Waals surface area contributed by atoms with E-state index in [1.807, 2.05) is 24.3 Å². The van der Waals surface area contributed by atoms with E-state index in [0.29, 0.717) is 13.2 Å². The SMILES string of the molecule is Cc1ccc(-c2c(C)c3cc(O)ccc3n2Cc2ccc(OC[C@H](C)N3CC[C@@H](CF)C3)cc2)cc1C. The second kappa shape index (κ2) is 10.6. The molecule has 0 saturated carbocycles. The first-order valence-corrected chi connectivity index (χ1v) is 13.2. The maximum atomic E-state index is 13.0. The van der Waals surface area contributed by atoms with E-state index in [0.717, 1.165) is 36.2 Å². The van der Waals surface area contributed by atoms with Gasteiger partial charge in [-0.2, -0.15) is 0 Å². The normalized spacial score (nSPS) is 16.9. The van der Waals surface area contributed by atoms with Crippen molar-refractivity contribution in [3.63, 3.8) is 0 Å². The van der Waals surface area contributed by atoms with E-state index in [-0.39, 0.29) is 24.4 Å². The van der Waals surface area contributed by atoms with Crippen LogP contribution in [0.2, 0.25) is 0 Å². The van der Waals surface area contributed by atoms with Crippen molar-refractivity contribution in [3.8, 4) is 22.8 Å². The van der Waals surface area contributed by atoms with Crippen LogP contribution in [0.1, 0.15) is 35.6 Å². The van der Waals surface area contributed by atoms with Gasteiger partial charge >= 0.3 is 0 Å². The molecule has 1 aliphatic heterocycles. The van der Waals surface area contributed by atoms with Crippen molar-refractivity contribution in [2.75, 3.05) is 26.4 Å². The minimum atomic E-state index is -0.228. The smallest absolute Gasteiger partial charge is 0.119 e. The number of alkyl halides is 1. The molecule has 1 fully saturated rings. The number of phenols is 1. The second-order valence-corrected chi connectivity index (χ2v) is 10.7. The number of aryl methyl sites for hydroxylation is 3. The molecular weight excluding hydrogens is 463 g/mol. The van der Waals surface area contributed by atoms with E-state index in [2.05, 4.69) is 67.5 Å². The van der Waals surface area contributed by atoms with Crippen LogP contribution < -0.4 is 4.74 Å². The minimum Gasteiger partial charge on any atom is -0.508 e. The Labute approximate surface area is 219 Å². The molecule has 4 nitrogen and oxygen atoms in total. The van der Waals surface area contributed by atoms with Gasteiger partial charge in [-0.15, -0.1) is 0 Å². The van der Waals surface area contributed by atoms with E-state index >= 15 is 0 Å². The van der Waals surface area contributed by atoms with Crippen LogP contribution in [-0.4, -0.2) is 47.0 Å². The lowest BCUT2D eigenvalue weighted by Gasteiger charge is -2.24. The van der Waals surface area contributed by atoms with Crippen LogP contribution in [0.4, 0.5) is 4.39 Å². The number of likely N-dealkylation sites (tertiary alicyclic amines) is 1. The quantitative estimate of drug-likeness (QED) is 0.282. The lowest BCUT2D eigenvalue weighted by molar-refractivity contribution is 0.165. The highest BCUT2D eigenvalue weighted by atomic mass is 19.1. The van der Waals surface area contributed by atoms with Gasteiger partial charge in [0.15, 0.2) is 0 Å². The molecule has 2 atom stereocenters. The summed E-state index contributed by atoms with van der Waals surface area (Å²) in [7, 11) is 0. The number of aromatic nitrogens is 1. The van der Waals surface area contributed by atoms with E-state index < -0.39 is 0 Å². The third-order valence-electron chi connectivity index (χ3n) is 7.99. The molecule has 0 amide bonds. The highest BCUT2D eigenvalue weighted by Crippen LogP contribution is 2.36. The number of aromatic hydroxyl groups is 1. The lowest BCUT2D eigenvalue weighted by Crippen LogP contribution is -2.35. The number of hydrogen-bond acceptors (Lipinski definition) is 3. The van der Waals surface area contributed by atoms with Crippen LogP contribution in [-0.2, 0) is 6.54 Å². The summed E-state index contributed by atoms with van der Waals surface area (Å²) in [5.74, 6) is 1.31. The summed E-state index contributed by atoms with van der Waals surface area (Å²) in [6, 6.07) is 20.8. The number of hydrogen-bond donors (Lipinski definition) is 1. The number of nitrogens with zero attached hydrogens (tertiary/aromatic N) is 2. The van der Waals surface area contributed by atoms with Crippen LogP contribution >= 0.6 is 0 Å². The summed E-state index contributed by atoms with van der Waals surface area (Å²) in [4.78, 5) is 2.32. The molecule has 0 bridgehead atoms. The first-order valence-electron chi connectivity index (χ1n) is 13.2. The maximum absolute atomic E-state index is 13.0. The summed E-state index contributed by atoms with van der Waals surface area (Å²) in [5, 5.41) is 11.2. The molecule has 2 heterocycles. The Hall–Kier alpha value is -3.31. The molecule has 0 radical (unpaired) electrons. The molecule has 5 heteroatoms. The summed E-state index contributed by atoms with van der Waals surface area (Å²) in [5.41, 5.74) is 8.35. The summed E-state index contributed by atoms with van der Waals surface area (Å²) < 4.78 is 21.4. The van der Waals surface area contributed by atoms with Gasteiger partial charge in [-0.25, -0.2) is 0 Å². The van der Waals surface area contributed by atoms with Crippen LogP contribution in [0.15, 0.2) is 60.7 Å². The molecule has 1 aliphatic rings. The van der Waals surface area contributed by atoms with Gasteiger partial charge in [0.25, 0.3) is 0 Å². The molecule has 37 heavy (non-hydrogen) atoms. The molecule has 1 N–H and O–H groups in total. The lowest BCUT2D eigenvalue weighted by atomic mass is 10.0. The van der Waals surface area contributed by atoms with E-state index in [9.17, 15) is 9.50 Å². The number of ether oxygens (including phenoxy) is 1. The van der Waals surface area contributed by atoms with Crippen molar-refractivity contribution in [1.82, 2.24) is 9.47 Å². The van der Waals surface area contributed by atoms with Crippen molar-refractivity contribution >= 4 is 10.9 Å². The standard InChI is InChI=1S/C32H37FN2O2/c1-21-5-8-27(15-22(21)2)32-24(4)30-16-28(36)9-12-31(30)35(32)19-25-6-10-29(11-7-25)37-20-23(3)34-14-13-26(17-33)18-34/h5-12,15-16,23,26,36H,13-14,17-20H2,1-4H3/t23-,26-/m0/s1. The van der Waals surface area contributed by atoms with Crippen molar-refractivity contribution in [2.24, 2.45) is 5.92 Å². The van der Waals surface area contributed by atoms with Gasteiger partial charge in [0.2, 0.25) is 0 Å². The molecule has 194 valence electrons. The Kier molecular flexibility index (Phi) is 7.25. The van der Waals surface area contributed by atoms with Crippen LogP contribution in [0.5, 0.6) is 11.5 Å². The topological polar surface area (TPSA) is 37.6 Å². The molecule has 0 unspecified atom stereocenters. The van der Waals surface area contributed by atoms with Crippen molar-refractivity contribution in [1.29, 1.82) is 0 Å². The fourth-order valence-corrected chi connectivity index (χ4v) is 5.52. The van der Waals surface area contributed by atoms with Gasteiger partial charge in [0.05, 0.1) is 12.4 Å². The fraction of sp³-hybridized carbons (Fsp3) is 0.375. The Balaban J connectivity index is 1.37. The first-order chi connectivity index (χ1) is 17.8. The van der Waals surface area contributed by atoms with Crippen molar-refractivity contribution in [2.45, 2.75) is 46.7 Å². The highest BCUT2D eigenvalue weighted by molar-refractivity contribution is 5.92. The monoisotopic (exact) mass is 500 g/mol. The Morgan fingerprint density at radius 3 is 2.49 bits per heavy atom. The third-order valence-corrected chi connectivity index (χ3v) is 7.99. The maximum Gasteiger partial charge on any atom is 0.119 e. The highest BCUT2D eigenvalue weighted by Gasteiger charge is 2.26. The van der Waals surface area contributed by atoms with E-state index in [1.54, 1.807) is 6.07 Å². The summed E-state index contributed by atoms with van der Waals surface area (Å²) >= 11 is 0. The Bertz CT molecular complexity index is 1390. The van der Waals surface area contributed by atoms with Crippen molar-refractivity contribution in [3.05, 3.63) is 82.9 Å². The zero-order valence-electron chi connectivity index (χ0n) is 22.3. The average molecular weight is 501 g/mol. The predicted molar refractivity (Wildman–Crippen MR) is 149 cm³/mol. The van der Waals surface area contributed by atoms with Crippen LogP contribution in [0, 0.1) is 26.7 Å². The van der Waals surface area contributed by atoms with E-state index in [4.69, 9.17) is 4.74 Å². The largest absolute Gasteiger partial charge is 0.508 e. The summed E-state index contributed by atoms with van der Waals surface area (Å²) in [6.07, 6.45) is 0.937. The summed E-state index contributed by atoms with van der Waals surface area (Å²) in [6.45, 7) is 11.4. The molecule has 0 aliphatic carbocycles. The third kappa shape index (κ3) is 5.24. The fourth-order valence-electron chi connectivity index (χ4n) is 5.52. The van der Waals surface area contributed by atoms with Gasteiger partial charge in [-0.1, -0.05) is 24.3 Å². The van der Waals surface area contributed by atoms with Gasteiger partial charge in [0, 0.05) is 36.0 Å². The van der Waals surface area contributed by atoms with Gasteiger partial charge in [-0.3, -0.25) is 9.29 Å². The number of rotatable bonds is 8. The first kappa shape index (κ1) is 25.3. The number of benzene rings is 3. The van der Waals surface area contributed by atoms with Gasteiger partial charge < -0.3 is 14.4 Å². The average Bonchev–Trinajstić information content (AvgIpc) is 3.48. The number of halogens is 1. The van der Waals surface area contributed by atoms with Crippen LogP contribution in [0.25, 0.3) is 22.2 Å². The molecule has 5 rings (SSSR count). The molecular formula is C32H37FN2O2. The Morgan fingerprint density at radius 1 is 1.00 bits per heavy atom. The number of fused-ring (bicyclic) bond motifs is 1. The second-order valence-electron chi connectivity index (χ2n) is 10.7. The Morgan fingerprint density at radius 2 is 1.78 bits per heavy atom. The molecule has 0 spiro atoms. The van der Waals surface area contributed by atoms with Gasteiger partial charge in [0.1, 0.15) is 18.1 Å². The molecule has 4 aromatic rings. The minimum absolute atomic E-state index is 0.174. The molecule has 1 aromatic heterocycles. The molecule has 3 aromatic carbocycles. The van der Waals surface area contributed by atoms with Crippen molar-refractivity contribution < 1.29 is 14.2 Å². The van der Waals surface area contributed by atoms with E-state index in [1.165, 1.54) is 33.5 Å². The number of phenolic OH excluding ortho intramolecular Hbond substituents is 1. The van der Waals surface area contributed by atoms with Gasteiger partial charge in [-0.05, 0) is 105 Å². The van der Waals surface area contributed by atoms with Crippen LogP contribution in [0.3, 0.4) is 0 Å². The molecule has 1 saturated heterocycles. The predicted octanol–water partition coefficient (Wildman–Crippen LogP) is 7.05. The zero-order chi connectivity index (χ0) is 26.1.